The first kappa shape index (κ1) is 22.1. The Balaban J connectivity index is 1.53. The van der Waals surface area contributed by atoms with E-state index >= 15 is 0 Å². The molecule has 0 atom stereocenters. The van der Waals surface area contributed by atoms with E-state index in [9.17, 15) is 0 Å². The first-order chi connectivity index (χ1) is 16.2. The van der Waals surface area contributed by atoms with Gasteiger partial charge in [-0.3, -0.25) is 5.10 Å². The number of nitrogens with zero attached hydrogens (tertiary/aromatic N) is 4. The van der Waals surface area contributed by atoms with Crippen molar-refractivity contribution in [3.8, 4) is 11.8 Å². The number of hydrogen-bond acceptors (Lipinski definition) is 7. The maximum atomic E-state index is 9.04. The Morgan fingerprint density at radius 1 is 1.24 bits per heavy atom. The molecule has 3 heterocycles. The molecule has 1 saturated heterocycles. The van der Waals surface area contributed by atoms with Crippen molar-refractivity contribution in [2.75, 3.05) is 36.9 Å². The number of H-pyrrole nitrogens is 1. The van der Waals surface area contributed by atoms with Gasteiger partial charge in [-0.05, 0) is 68.6 Å². The van der Waals surface area contributed by atoms with Crippen LogP contribution in [0, 0.1) is 24.8 Å². The number of aryl methyl sites for hydroxylation is 1. The number of ether oxygens (including phenoxy) is 1. The van der Waals surface area contributed by atoms with Crippen molar-refractivity contribution in [2.45, 2.75) is 25.7 Å². The zero-order chi connectivity index (χ0) is 23.0. The van der Waals surface area contributed by atoms with Crippen LogP contribution in [0.5, 0.6) is 5.75 Å². The van der Waals surface area contributed by atoms with Crippen molar-refractivity contribution in [1.29, 1.82) is 5.26 Å². The van der Waals surface area contributed by atoms with Crippen molar-refractivity contribution in [3.63, 3.8) is 0 Å². The summed E-state index contributed by atoms with van der Waals surface area (Å²) < 4.78 is 5.76. The molecule has 9 nitrogen and oxygen atoms in total. The van der Waals surface area contributed by atoms with E-state index < -0.39 is 0 Å². The number of hydrogen-bond donors (Lipinski definition) is 4. The molecule has 3 aromatic rings. The number of pyridine rings is 1. The zero-order valence-corrected chi connectivity index (χ0v) is 18.5. The fraction of sp³-hybridized carbons (Fsp3) is 0.333. The third kappa shape index (κ3) is 5.59. The molecule has 0 amide bonds. The smallest absolute Gasteiger partial charge is 0.231 e. The summed E-state index contributed by atoms with van der Waals surface area (Å²) in [6, 6.07) is 13.0. The fourth-order valence-corrected chi connectivity index (χ4v) is 3.91. The second-order valence-corrected chi connectivity index (χ2v) is 7.91. The number of anilines is 3. The van der Waals surface area contributed by atoms with Crippen LogP contribution < -0.4 is 20.7 Å². The van der Waals surface area contributed by atoms with E-state index in [1.807, 2.05) is 25.1 Å². The fourth-order valence-electron chi connectivity index (χ4n) is 3.91. The van der Waals surface area contributed by atoms with Crippen LogP contribution in [-0.2, 0) is 0 Å². The molecule has 0 spiro atoms. The Morgan fingerprint density at radius 3 is 2.82 bits per heavy atom. The van der Waals surface area contributed by atoms with Crippen LogP contribution in [0.25, 0.3) is 4.85 Å². The quantitative estimate of drug-likeness (QED) is 0.305. The van der Waals surface area contributed by atoms with Gasteiger partial charge in [-0.15, -0.1) is 0 Å². The van der Waals surface area contributed by atoms with Crippen molar-refractivity contribution in [1.82, 2.24) is 20.5 Å². The molecule has 9 heteroatoms. The molecule has 1 fully saturated rings. The maximum absolute atomic E-state index is 9.04. The lowest BCUT2D eigenvalue weighted by atomic mass is 9.89. The number of nitrogens with one attached hydrogen (secondary N) is 4. The largest absolute Gasteiger partial charge is 0.492 e. The zero-order valence-electron chi connectivity index (χ0n) is 18.5. The highest BCUT2D eigenvalue weighted by atomic mass is 16.5. The number of nitriles is 1. The number of rotatable bonds is 8. The summed E-state index contributed by atoms with van der Waals surface area (Å²) in [6.45, 7) is 12.5. The summed E-state index contributed by atoms with van der Waals surface area (Å²) in [4.78, 5) is 8.51. The van der Waals surface area contributed by atoms with Gasteiger partial charge in [-0.2, -0.15) is 10.4 Å². The third-order valence-electron chi connectivity index (χ3n) is 5.50. The van der Waals surface area contributed by atoms with Gasteiger partial charge < -0.3 is 20.7 Å². The van der Waals surface area contributed by atoms with E-state index in [1.165, 1.54) is 0 Å². The lowest BCUT2D eigenvalue weighted by Gasteiger charge is -2.25. The Morgan fingerprint density at radius 2 is 2.09 bits per heavy atom. The molecular formula is C24H26N8O. The van der Waals surface area contributed by atoms with Crippen LogP contribution >= 0.6 is 0 Å². The molecule has 0 radical (unpaired) electrons. The van der Waals surface area contributed by atoms with Crippen molar-refractivity contribution < 1.29 is 4.74 Å². The molecule has 1 aliphatic heterocycles. The van der Waals surface area contributed by atoms with E-state index in [4.69, 9.17) is 16.6 Å². The van der Waals surface area contributed by atoms with Crippen molar-refractivity contribution in [2.24, 2.45) is 0 Å². The highest BCUT2D eigenvalue weighted by Gasteiger charge is 2.22. The van der Waals surface area contributed by atoms with Crippen LogP contribution in [0.15, 0.2) is 36.4 Å². The molecule has 2 aromatic heterocycles. The standard InChI is InChI=1S/C24H26N8O/c1-16-12-22(32-31-16)29-21-14-20(18-6-8-27-9-7-18)23(26-2)24(30-21)28-10-11-33-19-5-3-4-17(13-19)15-25/h3-5,12-14,18,27H,6-11H2,1H3,(H3,28,29,30,31,32). The third-order valence-corrected chi connectivity index (χ3v) is 5.50. The van der Waals surface area contributed by atoms with E-state index in [2.05, 4.69) is 42.0 Å². The van der Waals surface area contributed by atoms with Gasteiger partial charge in [0.1, 0.15) is 24.0 Å². The minimum absolute atomic E-state index is 0.297. The van der Waals surface area contributed by atoms with Crippen molar-refractivity contribution >= 4 is 23.1 Å². The lowest BCUT2D eigenvalue weighted by Crippen LogP contribution is -2.26. The van der Waals surface area contributed by atoms with Gasteiger partial charge >= 0.3 is 0 Å². The molecule has 0 aliphatic carbocycles. The summed E-state index contributed by atoms with van der Waals surface area (Å²) in [5, 5.41) is 26.1. The number of aromatic amines is 1. The Hall–Kier alpha value is -4.08. The average Bonchev–Trinajstić information content (AvgIpc) is 3.26. The molecule has 0 unspecified atom stereocenters. The molecule has 1 aliphatic rings. The van der Waals surface area contributed by atoms with Crippen LogP contribution in [0.1, 0.15) is 35.6 Å². The molecular weight excluding hydrogens is 416 g/mol. The SMILES string of the molecule is [C-]#[N+]c1c(C2CCNCC2)cc(Nc2cc(C)[nH]n2)nc1NCCOc1cccc(C#N)c1. The molecule has 4 rings (SSSR count). The number of aromatic nitrogens is 3. The number of benzene rings is 1. The van der Waals surface area contributed by atoms with Gasteiger partial charge in [0, 0.05) is 18.3 Å². The van der Waals surface area contributed by atoms with E-state index in [1.54, 1.807) is 18.2 Å². The van der Waals surface area contributed by atoms with Crippen LogP contribution in [0.2, 0.25) is 0 Å². The van der Waals surface area contributed by atoms with Crippen LogP contribution in [0.4, 0.5) is 23.1 Å². The van der Waals surface area contributed by atoms with Crippen LogP contribution in [0.3, 0.4) is 0 Å². The molecule has 4 N–H and O–H groups in total. The molecule has 168 valence electrons. The summed E-state index contributed by atoms with van der Waals surface area (Å²) in [5.74, 6) is 2.79. The summed E-state index contributed by atoms with van der Waals surface area (Å²) >= 11 is 0. The predicted octanol–water partition coefficient (Wildman–Crippen LogP) is 4.24. The Bertz CT molecular complexity index is 1180. The Labute approximate surface area is 193 Å². The lowest BCUT2D eigenvalue weighted by molar-refractivity contribution is 0.332. The highest BCUT2D eigenvalue weighted by Crippen LogP contribution is 2.39. The van der Waals surface area contributed by atoms with Crippen LogP contribution in [-0.4, -0.2) is 41.4 Å². The topological polar surface area (TPSA) is 115 Å². The van der Waals surface area contributed by atoms with Gasteiger partial charge in [0.25, 0.3) is 0 Å². The number of piperidine rings is 1. The molecule has 0 saturated carbocycles. The first-order valence-corrected chi connectivity index (χ1v) is 10.9. The van der Waals surface area contributed by atoms with Gasteiger partial charge in [0.2, 0.25) is 5.69 Å². The van der Waals surface area contributed by atoms with E-state index in [0.717, 1.165) is 37.2 Å². The Kier molecular flexibility index (Phi) is 7.03. The second kappa shape index (κ2) is 10.5. The van der Waals surface area contributed by atoms with Gasteiger partial charge in [0.05, 0.1) is 18.2 Å². The van der Waals surface area contributed by atoms with Gasteiger partial charge in [0.15, 0.2) is 5.82 Å². The maximum Gasteiger partial charge on any atom is 0.231 e. The van der Waals surface area contributed by atoms with Gasteiger partial charge in [-0.25, -0.2) is 9.83 Å². The molecule has 33 heavy (non-hydrogen) atoms. The normalized spacial score (nSPS) is 13.7. The molecule has 1 aromatic carbocycles. The minimum Gasteiger partial charge on any atom is -0.492 e. The minimum atomic E-state index is 0.297. The van der Waals surface area contributed by atoms with E-state index in [0.29, 0.717) is 53.5 Å². The highest BCUT2D eigenvalue weighted by molar-refractivity contribution is 5.74. The van der Waals surface area contributed by atoms with Crippen molar-refractivity contribution in [3.05, 3.63) is 64.6 Å². The summed E-state index contributed by atoms with van der Waals surface area (Å²) in [7, 11) is 0. The van der Waals surface area contributed by atoms with E-state index in [-0.39, 0.29) is 0 Å². The second-order valence-electron chi connectivity index (χ2n) is 7.91. The average molecular weight is 443 g/mol. The first-order valence-electron chi connectivity index (χ1n) is 10.9. The van der Waals surface area contributed by atoms with Gasteiger partial charge in [-0.1, -0.05) is 6.07 Å². The summed E-state index contributed by atoms with van der Waals surface area (Å²) in [6.07, 6.45) is 1.95. The predicted molar refractivity (Wildman–Crippen MR) is 127 cm³/mol. The monoisotopic (exact) mass is 442 g/mol. The summed E-state index contributed by atoms with van der Waals surface area (Å²) in [5.41, 5.74) is 3.06. The molecule has 0 bridgehead atoms.